The number of hydrogen-bond donors (Lipinski definition) is 1. The van der Waals surface area contributed by atoms with Crippen LogP contribution in [0.2, 0.25) is 0 Å². The summed E-state index contributed by atoms with van der Waals surface area (Å²) >= 11 is 0. The van der Waals surface area contributed by atoms with Crippen LogP contribution < -0.4 is 5.32 Å². The van der Waals surface area contributed by atoms with E-state index in [1.807, 2.05) is 0 Å². The molecule has 0 radical (unpaired) electrons. The number of amidine groups is 1. The molecule has 1 aliphatic carbocycles. The van der Waals surface area contributed by atoms with Crippen LogP contribution in [0.4, 0.5) is 0 Å². The fourth-order valence-corrected chi connectivity index (χ4v) is 3.32. The normalized spacial score (nSPS) is 25.9. The van der Waals surface area contributed by atoms with E-state index in [0.29, 0.717) is 6.04 Å². The molecule has 0 aromatic heterocycles. The maximum atomic E-state index is 5.51. The van der Waals surface area contributed by atoms with E-state index in [0.717, 1.165) is 25.1 Å². The van der Waals surface area contributed by atoms with Crippen LogP contribution in [0.5, 0.6) is 0 Å². The van der Waals surface area contributed by atoms with Gasteiger partial charge in [0, 0.05) is 6.04 Å². The smallest absolute Gasteiger partial charge is 0.285 e. The van der Waals surface area contributed by atoms with Crippen LogP contribution in [0, 0.1) is 5.92 Å². The molecule has 2 atom stereocenters. The highest BCUT2D eigenvalue weighted by molar-refractivity contribution is 5.75. The highest BCUT2D eigenvalue weighted by atomic mass is 16.5. The van der Waals surface area contributed by atoms with E-state index in [-0.39, 0.29) is 0 Å². The molecular weight excluding hydrogens is 248 g/mol. The molecule has 1 aromatic carbocycles. The van der Waals surface area contributed by atoms with E-state index in [1.165, 1.54) is 44.1 Å². The minimum Gasteiger partial charge on any atom is -0.463 e. The second kappa shape index (κ2) is 6.78. The number of aryl methyl sites for hydroxylation is 1. The third-order valence-corrected chi connectivity index (χ3v) is 4.45. The number of nitrogens with one attached hydrogen (secondary N) is 1. The number of rotatable bonds is 4. The van der Waals surface area contributed by atoms with Gasteiger partial charge in [-0.1, -0.05) is 43.2 Å². The Bertz CT molecular complexity index is 444. The highest BCUT2D eigenvalue weighted by Gasteiger charge is 2.26. The Hall–Kier alpha value is -1.51. The van der Waals surface area contributed by atoms with Crippen LogP contribution in [0.25, 0.3) is 0 Å². The van der Waals surface area contributed by atoms with Gasteiger partial charge in [0.2, 0.25) is 0 Å². The quantitative estimate of drug-likeness (QED) is 0.913. The molecule has 0 spiro atoms. The van der Waals surface area contributed by atoms with Crippen molar-refractivity contribution in [3.8, 4) is 0 Å². The molecule has 0 saturated heterocycles. The number of nitrogens with zero attached hydrogens (tertiary/aromatic N) is 1. The molecule has 1 saturated carbocycles. The monoisotopic (exact) mass is 272 g/mol. The van der Waals surface area contributed by atoms with Gasteiger partial charge in [-0.3, -0.25) is 0 Å². The highest BCUT2D eigenvalue weighted by Crippen LogP contribution is 2.28. The Morgan fingerprint density at radius 2 is 2.00 bits per heavy atom. The predicted molar refractivity (Wildman–Crippen MR) is 81.9 cm³/mol. The van der Waals surface area contributed by atoms with Crippen molar-refractivity contribution in [2.75, 3.05) is 13.2 Å². The zero-order chi connectivity index (χ0) is 13.6. The van der Waals surface area contributed by atoms with Crippen LogP contribution in [0.3, 0.4) is 0 Å². The van der Waals surface area contributed by atoms with Crippen molar-refractivity contribution in [2.45, 2.75) is 44.6 Å². The number of benzene rings is 1. The molecule has 1 fully saturated rings. The molecule has 1 N–H and O–H groups in total. The predicted octanol–water partition coefficient (Wildman–Crippen LogP) is 3.15. The first-order chi connectivity index (χ1) is 9.92. The van der Waals surface area contributed by atoms with Crippen LogP contribution in [0.1, 0.15) is 37.7 Å². The first-order valence-electron chi connectivity index (χ1n) is 7.89. The molecule has 1 heterocycles. The van der Waals surface area contributed by atoms with Crippen molar-refractivity contribution in [3.05, 3.63) is 35.9 Å². The first-order valence-corrected chi connectivity index (χ1v) is 7.89. The van der Waals surface area contributed by atoms with Crippen LogP contribution in [-0.4, -0.2) is 25.2 Å². The summed E-state index contributed by atoms with van der Waals surface area (Å²) in [5.41, 5.74) is 1.45. The molecule has 0 bridgehead atoms. The molecule has 108 valence electrons. The maximum Gasteiger partial charge on any atom is 0.285 e. The maximum absolute atomic E-state index is 5.51. The lowest BCUT2D eigenvalue weighted by molar-refractivity contribution is 0.250. The lowest BCUT2D eigenvalue weighted by Crippen LogP contribution is -2.42. The summed E-state index contributed by atoms with van der Waals surface area (Å²) in [6.07, 6.45) is 7.71. The molecule has 3 heteroatoms. The summed E-state index contributed by atoms with van der Waals surface area (Å²) in [5.74, 6) is 0.746. The average Bonchev–Trinajstić information content (AvgIpc) is 3.00. The molecule has 20 heavy (non-hydrogen) atoms. The minimum absolute atomic E-state index is 0.546. The molecule has 0 unspecified atom stereocenters. The van der Waals surface area contributed by atoms with Crippen molar-refractivity contribution < 1.29 is 4.74 Å². The van der Waals surface area contributed by atoms with Gasteiger partial charge in [-0.15, -0.1) is 0 Å². The van der Waals surface area contributed by atoms with Crippen molar-refractivity contribution in [1.29, 1.82) is 0 Å². The van der Waals surface area contributed by atoms with E-state index in [1.54, 1.807) is 0 Å². The number of aliphatic imine (C=N–C) groups is 1. The van der Waals surface area contributed by atoms with Gasteiger partial charge in [-0.05, 0) is 37.2 Å². The summed E-state index contributed by atoms with van der Waals surface area (Å²) in [4.78, 5) is 4.37. The third kappa shape index (κ3) is 3.53. The van der Waals surface area contributed by atoms with Crippen molar-refractivity contribution >= 4 is 6.02 Å². The van der Waals surface area contributed by atoms with Crippen molar-refractivity contribution in [1.82, 2.24) is 5.32 Å². The van der Waals surface area contributed by atoms with Crippen LogP contribution in [0.15, 0.2) is 35.3 Å². The number of ether oxygens (including phenoxy) is 1. The molecule has 2 aliphatic rings. The average molecular weight is 272 g/mol. The lowest BCUT2D eigenvalue weighted by Gasteiger charge is -2.32. The summed E-state index contributed by atoms with van der Waals surface area (Å²) < 4.78 is 5.51. The van der Waals surface area contributed by atoms with E-state index < -0.39 is 0 Å². The van der Waals surface area contributed by atoms with Crippen molar-refractivity contribution in [3.63, 3.8) is 0 Å². The third-order valence-electron chi connectivity index (χ3n) is 4.45. The molecule has 1 aromatic rings. The Morgan fingerprint density at radius 3 is 2.80 bits per heavy atom. The fourth-order valence-electron chi connectivity index (χ4n) is 3.32. The summed E-state index contributed by atoms with van der Waals surface area (Å²) in [6.45, 7) is 1.55. The summed E-state index contributed by atoms with van der Waals surface area (Å²) in [5, 5.41) is 3.53. The number of hydrogen-bond acceptors (Lipinski definition) is 3. The first kappa shape index (κ1) is 13.5. The van der Waals surface area contributed by atoms with Crippen LogP contribution >= 0.6 is 0 Å². The van der Waals surface area contributed by atoms with E-state index in [4.69, 9.17) is 4.74 Å². The standard InChI is InChI=1S/C17H24N2O/c1-2-6-14(7-3-1)10-11-15-8-4-5-9-16(15)19-17-18-12-13-20-17/h1-3,6-7,15-16H,4-5,8-13H2,(H,18,19)/t15-,16+/m1/s1. The zero-order valence-electron chi connectivity index (χ0n) is 12.1. The van der Waals surface area contributed by atoms with Gasteiger partial charge in [0.15, 0.2) is 0 Å². The Balaban J connectivity index is 1.54. The van der Waals surface area contributed by atoms with Gasteiger partial charge in [0.1, 0.15) is 6.61 Å². The van der Waals surface area contributed by atoms with Gasteiger partial charge < -0.3 is 10.1 Å². The Morgan fingerprint density at radius 1 is 1.15 bits per heavy atom. The van der Waals surface area contributed by atoms with Gasteiger partial charge in [-0.2, -0.15) is 0 Å². The van der Waals surface area contributed by atoms with E-state index in [9.17, 15) is 0 Å². The fraction of sp³-hybridized carbons (Fsp3) is 0.588. The second-order valence-corrected chi connectivity index (χ2v) is 5.85. The molecular formula is C17H24N2O. The van der Waals surface area contributed by atoms with E-state index in [2.05, 4.69) is 40.6 Å². The Labute approximate surface area is 121 Å². The largest absolute Gasteiger partial charge is 0.463 e. The summed E-state index contributed by atoms with van der Waals surface area (Å²) in [6, 6.07) is 12.1. The van der Waals surface area contributed by atoms with Crippen molar-refractivity contribution in [2.24, 2.45) is 10.9 Å². The van der Waals surface area contributed by atoms with Gasteiger partial charge in [0.25, 0.3) is 6.02 Å². The molecule has 3 rings (SSSR count). The zero-order valence-corrected chi connectivity index (χ0v) is 12.1. The van der Waals surface area contributed by atoms with E-state index >= 15 is 0 Å². The molecule has 1 aliphatic heterocycles. The SMILES string of the molecule is c1ccc(CC[C@H]2CCCC[C@@H]2NC2=NCCO2)cc1. The van der Waals surface area contributed by atoms with Crippen LogP contribution in [-0.2, 0) is 11.2 Å². The molecule has 3 nitrogen and oxygen atoms in total. The van der Waals surface area contributed by atoms with Gasteiger partial charge in [0.05, 0.1) is 6.54 Å². The van der Waals surface area contributed by atoms with Gasteiger partial charge >= 0.3 is 0 Å². The summed E-state index contributed by atoms with van der Waals surface area (Å²) in [7, 11) is 0. The topological polar surface area (TPSA) is 33.6 Å². The minimum atomic E-state index is 0.546. The molecule has 0 amide bonds. The Kier molecular flexibility index (Phi) is 4.57. The second-order valence-electron chi connectivity index (χ2n) is 5.85. The lowest BCUT2D eigenvalue weighted by atomic mass is 9.81. The van der Waals surface area contributed by atoms with Gasteiger partial charge in [-0.25, -0.2) is 4.99 Å².